The molecule has 6 nitrogen and oxygen atoms in total. The number of rotatable bonds is 74. The Kier molecular flexibility index (Phi) is 73.3. The maximum absolute atomic E-state index is 12.5. The molecule has 0 aromatic carbocycles. The zero-order valence-corrected chi connectivity index (χ0v) is 57.9. The number of aliphatic hydroxyl groups excluding tert-OH is 2. The first-order valence-corrected chi connectivity index (χ1v) is 39.1. The fraction of sp³-hybridized carbons (Fsp3) is 0.924. The second kappa shape index (κ2) is 74.8. The van der Waals surface area contributed by atoms with Crippen molar-refractivity contribution in [3.8, 4) is 0 Å². The number of nitrogens with one attached hydrogen (secondary N) is 1. The van der Waals surface area contributed by atoms with Gasteiger partial charge < -0.3 is 20.3 Å². The molecule has 0 bridgehead atoms. The molecule has 0 aromatic heterocycles. The van der Waals surface area contributed by atoms with Crippen LogP contribution < -0.4 is 5.32 Å². The molecule has 0 rings (SSSR count). The van der Waals surface area contributed by atoms with Gasteiger partial charge in [-0.25, -0.2) is 0 Å². The summed E-state index contributed by atoms with van der Waals surface area (Å²) in [4.78, 5) is 24.6. The zero-order valence-electron chi connectivity index (χ0n) is 57.9. The van der Waals surface area contributed by atoms with E-state index in [-0.39, 0.29) is 18.5 Å². The Morgan fingerprint density at radius 1 is 0.318 bits per heavy atom. The summed E-state index contributed by atoms with van der Waals surface area (Å²) in [6.07, 6.45) is 95.5. The highest BCUT2D eigenvalue weighted by molar-refractivity contribution is 5.76. The van der Waals surface area contributed by atoms with Crippen molar-refractivity contribution in [1.82, 2.24) is 5.32 Å². The van der Waals surface area contributed by atoms with Gasteiger partial charge in [0.2, 0.25) is 5.91 Å². The molecule has 0 fully saturated rings. The van der Waals surface area contributed by atoms with Gasteiger partial charge in [0.1, 0.15) is 0 Å². The fourth-order valence-corrected chi connectivity index (χ4v) is 12.5. The summed E-state index contributed by atoms with van der Waals surface area (Å²) >= 11 is 0. The van der Waals surface area contributed by atoms with Gasteiger partial charge in [-0.1, -0.05) is 378 Å². The van der Waals surface area contributed by atoms with Crippen molar-refractivity contribution < 1.29 is 24.5 Å². The van der Waals surface area contributed by atoms with Gasteiger partial charge in [0, 0.05) is 12.8 Å². The number of esters is 1. The minimum atomic E-state index is -0.662. The molecule has 0 aliphatic carbocycles. The van der Waals surface area contributed by atoms with Crippen LogP contribution in [0.3, 0.4) is 0 Å². The average Bonchev–Trinajstić information content (AvgIpc) is 3.51. The standard InChI is InChI=1S/C79H153NO5/c1-3-5-7-9-11-13-15-17-19-20-40-44-47-51-55-59-63-67-71-77(82)76(75-81)80-78(83)72-68-64-60-56-52-48-45-41-38-36-34-32-30-28-26-24-22-21-23-25-27-29-31-33-35-37-39-42-46-50-54-58-62-66-70-74-85-79(84)73-69-65-61-57-53-49-43-18-16-14-12-10-8-6-4-2/h18,23,25,43,76-77,81-82H,3-17,19-22,24,26-42,44-75H2,1-2H3,(H,80,83)/b25-23-,43-18-. The molecule has 2 atom stereocenters. The molecule has 0 aromatic rings. The van der Waals surface area contributed by atoms with E-state index in [4.69, 9.17) is 4.74 Å². The summed E-state index contributed by atoms with van der Waals surface area (Å²) in [7, 11) is 0. The summed E-state index contributed by atoms with van der Waals surface area (Å²) in [5.74, 6) is -0.0138. The predicted octanol–water partition coefficient (Wildman–Crippen LogP) is 25.7. The summed E-state index contributed by atoms with van der Waals surface area (Å²) in [6.45, 7) is 4.99. The number of amides is 1. The molecule has 1 amide bonds. The molecule has 0 spiro atoms. The first kappa shape index (κ1) is 83.3. The molecule has 85 heavy (non-hydrogen) atoms. The van der Waals surface area contributed by atoms with Crippen LogP contribution in [0.5, 0.6) is 0 Å². The molecular formula is C79H153NO5. The second-order valence-corrected chi connectivity index (χ2v) is 27.0. The zero-order chi connectivity index (χ0) is 61.3. The highest BCUT2D eigenvalue weighted by Gasteiger charge is 2.20. The van der Waals surface area contributed by atoms with Crippen molar-refractivity contribution in [2.75, 3.05) is 13.2 Å². The Bertz CT molecular complexity index is 1330. The SMILES string of the molecule is CCCCCCCC/C=C\CCCCCCCC(=O)OCCCCCCCCCCCCCCCC/C=C\CCCCCCCCCCCCCCCCCCCC(=O)NC(CO)C(O)CCCCCCCCCCCCCCCCCCCC. The Hall–Kier alpha value is -1.66. The molecule has 0 radical (unpaired) electrons. The van der Waals surface area contributed by atoms with Gasteiger partial charge in [-0.15, -0.1) is 0 Å². The van der Waals surface area contributed by atoms with Crippen LogP contribution in [0.4, 0.5) is 0 Å². The van der Waals surface area contributed by atoms with Crippen molar-refractivity contribution >= 4 is 11.9 Å². The molecule has 0 saturated heterocycles. The third-order valence-electron chi connectivity index (χ3n) is 18.5. The van der Waals surface area contributed by atoms with E-state index in [0.717, 1.165) is 44.9 Å². The highest BCUT2D eigenvalue weighted by atomic mass is 16.5. The number of unbranched alkanes of at least 4 members (excludes halogenated alkanes) is 59. The normalized spacial score (nSPS) is 12.6. The molecule has 0 heterocycles. The number of carbonyl (C=O) groups excluding carboxylic acids is 2. The molecular weight excluding hydrogens is 1040 g/mol. The molecule has 3 N–H and O–H groups in total. The summed E-state index contributed by atoms with van der Waals surface area (Å²) in [6, 6.07) is -0.539. The summed E-state index contributed by atoms with van der Waals surface area (Å²) in [5, 5.41) is 23.4. The van der Waals surface area contributed by atoms with E-state index >= 15 is 0 Å². The van der Waals surface area contributed by atoms with E-state index in [9.17, 15) is 19.8 Å². The third-order valence-corrected chi connectivity index (χ3v) is 18.5. The average molecular weight is 1200 g/mol. The van der Waals surface area contributed by atoms with E-state index in [2.05, 4.69) is 43.5 Å². The lowest BCUT2D eigenvalue weighted by atomic mass is 10.0. The van der Waals surface area contributed by atoms with Crippen molar-refractivity contribution in [3.05, 3.63) is 24.3 Å². The number of hydrogen-bond acceptors (Lipinski definition) is 5. The maximum Gasteiger partial charge on any atom is 0.305 e. The fourth-order valence-electron chi connectivity index (χ4n) is 12.5. The number of hydrogen-bond donors (Lipinski definition) is 3. The van der Waals surface area contributed by atoms with Crippen molar-refractivity contribution in [2.45, 2.75) is 456 Å². The Morgan fingerprint density at radius 2 is 0.553 bits per heavy atom. The van der Waals surface area contributed by atoms with Gasteiger partial charge in [-0.05, 0) is 77.0 Å². The van der Waals surface area contributed by atoms with Crippen LogP contribution in [0.25, 0.3) is 0 Å². The lowest BCUT2D eigenvalue weighted by Gasteiger charge is -2.22. The van der Waals surface area contributed by atoms with Crippen molar-refractivity contribution in [1.29, 1.82) is 0 Å². The van der Waals surface area contributed by atoms with E-state index in [1.54, 1.807) is 0 Å². The first-order valence-electron chi connectivity index (χ1n) is 39.1. The molecule has 0 aliphatic heterocycles. The first-order chi connectivity index (χ1) is 42.0. The van der Waals surface area contributed by atoms with E-state index in [0.29, 0.717) is 25.9 Å². The highest BCUT2D eigenvalue weighted by Crippen LogP contribution is 2.20. The van der Waals surface area contributed by atoms with Gasteiger partial charge in [-0.2, -0.15) is 0 Å². The topological polar surface area (TPSA) is 95.9 Å². The quantitative estimate of drug-likeness (QED) is 0.0320. The lowest BCUT2D eigenvalue weighted by molar-refractivity contribution is -0.143. The summed E-state index contributed by atoms with van der Waals surface area (Å²) < 4.78 is 5.50. The van der Waals surface area contributed by atoms with Crippen LogP contribution in [-0.4, -0.2) is 47.4 Å². The third kappa shape index (κ3) is 71.3. The monoisotopic (exact) mass is 1200 g/mol. The Morgan fingerprint density at radius 3 is 0.835 bits per heavy atom. The number of aliphatic hydroxyl groups is 2. The summed E-state index contributed by atoms with van der Waals surface area (Å²) in [5.41, 5.74) is 0. The van der Waals surface area contributed by atoms with Crippen LogP contribution in [-0.2, 0) is 14.3 Å². The number of ether oxygens (including phenoxy) is 1. The van der Waals surface area contributed by atoms with Crippen LogP contribution in [0.15, 0.2) is 24.3 Å². The molecule has 504 valence electrons. The molecule has 0 saturated carbocycles. The van der Waals surface area contributed by atoms with Gasteiger partial charge in [0.15, 0.2) is 0 Å². The lowest BCUT2D eigenvalue weighted by Crippen LogP contribution is -2.45. The van der Waals surface area contributed by atoms with E-state index in [1.165, 1.54) is 366 Å². The second-order valence-electron chi connectivity index (χ2n) is 27.0. The Labute approximate surface area is 532 Å². The Balaban J connectivity index is 3.33. The van der Waals surface area contributed by atoms with Gasteiger partial charge in [0.25, 0.3) is 0 Å². The molecule has 2 unspecified atom stereocenters. The largest absolute Gasteiger partial charge is 0.466 e. The van der Waals surface area contributed by atoms with Crippen LogP contribution in [0.1, 0.15) is 444 Å². The smallest absolute Gasteiger partial charge is 0.305 e. The minimum Gasteiger partial charge on any atom is -0.466 e. The maximum atomic E-state index is 12.5. The van der Waals surface area contributed by atoms with Crippen molar-refractivity contribution in [2.24, 2.45) is 0 Å². The predicted molar refractivity (Wildman–Crippen MR) is 375 cm³/mol. The van der Waals surface area contributed by atoms with E-state index < -0.39 is 12.1 Å². The van der Waals surface area contributed by atoms with E-state index in [1.807, 2.05) is 0 Å². The van der Waals surface area contributed by atoms with Gasteiger partial charge in [0.05, 0.1) is 25.4 Å². The number of allylic oxidation sites excluding steroid dienone is 4. The van der Waals surface area contributed by atoms with Crippen LogP contribution in [0, 0.1) is 0 Å². The van der Waals surface area contributed by atoms with Gasteiger partial charge >= 0.3 is 5.97 Å². The molecule has 6 heteroatoms. The molecule has 0 aliphatic rings. The number of carbonyl (C=O) groups is 2. The minimum absolute atomic E-state index is 0.0131. The van der Waals surface area contributed by atoms with Crippen LogP contribution in [0.2, 0.25) is 0 Å². The van der Waals surface area contributed by atoms with Gasteiger partial charge in [-0.3, -0.25) is 9.59 Å². The van der Waals surface area contributed by atoms with Crippen LogP contribution >= 0.6 is 0 Å². The van der Waals surface area contributed by atoms with Crippen molar-refractivity contribution in [3.63, 3.8) is 0 Å².